The molecule has 9 heteroatoms. The predicted molar refractivity (Wildman–Crippen MR) is 114 cm³/mol. The van der Waals surface area contributed by atoms with Gasteiger partial charge in [-0.15, -0.1) is 0 Å². The molecule has 0 saturated carbocycles. The summed E-state index contributed by atoms with van der Waals surface area (Å²) in [6, 6.07) is 10.4. The van der Waals surface area contributed by atoms with Gasteiger partial charge >= 0.3 is 0 Å². The van der Waals surface area contributed by atoms with Gasteiger partial charge in [0.15, 0.2) is 0 Å². The number of amides is 2. The Kier molecular flexibility index (Phi) is 6.49. The van der Waals surface area contributed by atoms with Crippen LogP contribution in [-0.4, -0.2) is 26.6 Å². The normalized spacial score (nSPS) is 11.9. The van der Waals surface area contributed by atoms with Crippen molar-refractivity contribution in [2.75, 3.05) is 5.32 Å². The highest BCUT2D eigenvalue weighted by atomic mass is 35.5. The van der Waals surface area contributed by atoms with Crippen molar-refractivity contribution in [2.24, 2.45) is 0 Å². The number of carbonyl (C=O) groups is 2. The highest BCUT2D eigenvalue weighted by Gasteiger charge is 2.24. The fourth-order valence-corrected chi connectivity index (χ4v) is 3.56. The SMILES string of the molecule is CCCC(C(=O)NO)n1c(C)nc2cccc(NC(=O)c3cccc(Cl)c3)c2c1=O. The van der Waals surface area contributed by atoms with Crippen molar-refractivity contribution in [3.8, 4) is 0 Å². The number of nitrogens with one attached hydrogen (secondary N) is 2. The molecule has 3 rings (SSSR count). The molecule has 3 aromatic rings. The molecule has 1 heterocycles. The Morgan fingerprint density at radius 1 is 1.23 bits per heavy atom. The zero-order chi connectivity index (χ0) is 21.8. The molecule has 1 unspecified atom stereocenters. The first kappa shape index (κ1) is 21.5. The summed E-state index contributed by atoms with van der Waals surface area (Å²) in [6.07, 6.45) is 0.937. The summed E-state index contributed by atoms with van der Waals surface area (Å²) in [5, 5.41) is 12.4. The van der Waals surface area contributed by atoms with Crippen molar-refractivity contribution in [3.63, 3.8) is 0 Å². The second-order valence-electron chi connectivity index (χ2n) is 6.78. The molecule has 0 aliphatic heterocycles. The molecule has 30 heavy (non-hydrogen) atoms. The highest BCUT2D eigenvalue weighted by Crippen LogP contribution is 2.23. The van der Waals surface area contributed by atoms with E-state index < -0.39 is 23.4 Å². The van der Waals surface area contributed by atoms with Crippen molar-refractivity contribution in [3.05, 3.63) is 69.2 Å². The van der Waals surface area contributed by atoms with Crippen LogP contribution in [0.5, 0.6) is 0 Å². The zero-order valence-corrected chi connectivity index (χ0v) is 17.2. The molecular weight excluding hydrogens is 408 g/mol. The lowest BCUT2D eigenvalue weighted by molar-refractivity contribution is -0.133. The molecule has 0 spiro atoms. The van der Waals surface area contributed by atoms with Crippen LogP contribution in [0.2, 0.25) is 5.02 Å². The number of rotatable bonds is 6. The van der Waals surface area contributed by atoms with Gasteiger partial charge in [-0.1, -0.05) is 37.1 Å². The van der Waals surface area contributed by atoms with Crippen LogP contribution in [0, 0.1) is 6.92 Å². The Hall–Kier alpha value is -3.23. The van der Waals surface area contributed by atoms with Crippen molar-refractivity contribution >= 4 is 40.0 Å². The monoisotopic (exact) mass is 428 g/mol. The van der Waals surface area contributed by atoms with Crippen LogP contribution >= 0.6 is 11.6 Å². The van der Waals surface area contributed by atoms with Crippen LogP contribution in [0.15, 0.2) is 47.3 Å². The van der Waals surface area contributed by atoms with Gasteiger partial charge in [-0.3, -0.25) is 24.2 Å². The largest absolute Gasteiger partial charge is 0.321 e. The molecule has 0 aliphatic carbocycles. The number of hydrogen-bond acceptors (Lipinski definition) is 5. The van der Waals surface area contributed by atoms with E-state index in [1.54, 1.807) is 48.8 Å². The second kappa shape index (κ2) is 9.06. The van der Waals surface area contributed by atoms with E-state index >= 15 is 0 Å². The first-order chi connectivity index (χ1) is 14.4. The Bertz CT molecular complexity index is 1180. The number of hydroxylamine groups is 1. The predicted octanol–water partition coefficient (Wildman–Crippen LogP) is 3.46. The molecule has 0 bridgehead atoms. The molecule has 2 aromatic carbocycles. The first-order valence-electron chi connectivity index (χ1n) is 9.40. The molecule has 2 amide bonds. The maximum absolute atomic E-state index is 13.4. The third kappa shape index (κ3) is 4.19. The summed E-state index contributed by atoms with van der Waals surface area (Å²) in [7, 11) is 0. The Balaban J connectivity index is 2.14. The lowest BCUT2D eigenvalue weighted by Gasteiger charge is -2.20. The van der Waals surface area contributed by atoms with Crippen LogP contribution in [0.1, 0.15) is 42.0 Å². The van der Waals surface area contributed by atoms with Crippen molar-refractivity contribution < 1.29 is 14.8 Å². The third-order valence-corrected chi connectivity index (χ3v) is 4.96. The van der Waals surface area contributed by atoms with Gasteiger partial charge in [0, 0.05) is 10.6 Å². The summed E-state index contributed by atoms with van der Waals surface area (Å²) < 4.78 is 1.24. The smallest absolute Gasteiger partial charge is 0.266 e. The van der Waals surface area contributed by atoms with Crippen molar-refractivity contribution in [2.45, 2.75) is 32.7 Å². The average molecular weight is 429 g/mol. The Morgan fingerprint density at radius 2 is 1.97 bits per heavy atom. The number of anilines is 1. The van der Waals surface area contributed by atoms with Gasteiger partial charge in [-0.05, 0) is 43.7 Å². The van der Waals surface area contributed by atoms with E-state index in [1.807, 2.05) is 6.92 Å². The second-order valence-corrected chi connectivity index (χ2v) is 7.22. The number of fused-ring (bicyclic) bond motifs is 1. The van der Waals surface area contributed by atoms with E-state index in [9.17, 15) is 14.4 Å². The summed E-state index contributed by atoms with van der Waals surface area (Å²) in [5.41, 5.74) is 2.12. The fourth-order valence-electron chi connectivity index (χ4n) is 3.37. The van der Waals surface area contributed by atoms with Gasteiger partial charge < -0.3 is 5.32 Å². The molecule has 0 fully saturated rings. The van der Waals surface area contributed by atoms with Gasteiger partial charge in [-0.25, -0.2) is 10.5 Å². The average Bonchev–Trinajstić information content (AvgIpc) is 2.72. The van der Waals surface area contributed by atoms with Crippen LogP contribution in [0.25, 0.3) is 10.9 Å². The molecule has 0 saturated heterocycles. The zero-order valence-electron chi connectivity index (χ0n) is 16.5. The Morgan fingerprint density at radius 3 is 2.63 bits per heavy atom. The summed E-state index contributed by atoms with van der Waals surface area (Å²) >= 11 is 5.96. The number of aryl methyl sites for hydroxylation is 1. The van der Waals surface area contributed by atoms with Gasteiger partial charge in [0.05, 0.1) is 16.6 Å². The Labute approximate surface area is 177 Å². The molecule has 8 nitrogen and oxygen atoms in total. The number of halogens is 1. The van der Waals surface area contributed by atoms with E-state index in [2.05, 4.69) is 10.3 Å². The van der Waals surface area contributed by atoms with E-state index in [0.717, 1.165) is 0 Å². The summed E-state index contributed by atoms with van der Waals surface area (Å²) in [6.45, 7) is 3.48. The van der Waals surface area contributed by atoms with Crippen molar-refractivity contribution in [1.82, 2.24) is 15.0 Å². The third-order valence-electron chi connectivity index (χ3n) is 4.73. The lowest BCUT2D eigenvalue weighted by Crippen LogP contribution is -2.37. The number of nitrogens with zero attached hydrogens (tertiary/aromatic N) is 2. The van der Waals surface area contributed by atoms with Crippen LogP contribution in [0.3, 0.4) is 0 Å². The van der Waals surface area contributed by atoms with Crippen LogP contribution in [-0.2, 0) is 4.79 Å². The molecular formula is C21H21ClN4O4. The van der Waals surface area contributed by atoms with E-state index in [-0.39, 0.29) is 11.1 Å². The van der Waals surface area contributed by atoms with E-state index in [4.69, 9.17) is 16.8 Å². The van der Waals surface area contributed by atoms with Gasteiger partial charge in [0.2, 0.25) is 0 Å². The number of hydrogen-bond donors (Lipinski definition) is 3. The first-order valence-corrected chi connectivity index (χ1v) is 9.77. The van der Waals surface area contributed by atoms with Crippen LogP contribution in [0.4, 0.5) is 5.69 Å². The molecule has 1 aromatic heterocycles. The fraction of sp³-hybridized carbons (Fsp3) is 0.238. The minimum atomic E-state index is -0.930. The minimum Gasteiger partial charge on any atom is -0.321 e. The van der Waals surface area contributed by atoms with E-state index in [0.29, 0.717) is 34.8 Å². The highest BCUT2D eigenvalue weighted by molar-refractivity contribution is 6.31. The number of benzene rings is 2. The van der Waals surface area contributed by atoms with E-state index in [1.165, 1.54) is 10.6 Å². The summed E-state index contributed by atoms with van der Waals surface area (Å²) in [4.78, 5) is 42.7. The number of carbonyl (C=O) groups excluding carboxylic acids is 2. The van der Waals surface area contributed by atoms with Crippen molar-refractivity contribution in [1.29, 1.82) is 0 Å². The summed E-state index contributed by atoms with van der Waals surface area (Å²) in [5.74, 6) is -0.814. The van der Waals surface area contributed by atoms with Crippen LogP contribution < -0.4 is 16.4 Å². The molecule has 0 aliphatic rings. The quantitative estimate of drug-likeness (QED) is 0.411. The molecule has 0 radical (unpaired) electrons. The maximum atomic E-state index is 13.4. The minimum absolute atomic E-state index is 0.172. The molecule has 3 N–H and O–H groups in total. The van der Waals surface area contributed by atoms with Gasteiger partial charge in [-0.2, -0.15) is 0 Å². The van der Waals surface area contributed by atoms with Gasteiger partial charge in [0.1, 0.15) is 11.9 Å². The standard InChI is InChI=1S/C21H21ClN4O4/c1-3-6-17(20(28)25-30)26-12(2)23-15-9-5-10-16(18(15)21(26)29)24-19(27)13-7-4-8-14(22)11-13/h4-5,7-11,17,30H,3,6H2,1-2H3,(H,24,27)(H,25,28). The number of aromatic nitrogens is 2. The lowest BCUT2D eigenvalue weighted by atomic mass is 10.1. The molecule has 1 atom stereocenters. The molecule has 156 valence electrons. The topological polar surface area (TPSA) is 113 Å². The maximum Gasteiger partial charge on any atom is 0.266 e. The van der Waals surface area contributed by atoms with Gasteiger partial charge in [0.25, 0.3) is 17.4 Å².